The normalized spacial score (nSPS) is 13.2. The number of ether oxygens (including phenoxy) is 4. The van der Waals surface area contributed by atoms with Crippen molar-refractivity contribution in [2.24, 2.45) is 0 Å². The van der Waals surface area contributed by atoms with Crippen LogP contribution < -0.4 is 24.8 Å². The van der Waals surface area contributed by atoms with Crippen LogP contribution >= 0.6 is 0 Å². The van der Waals surface area contributed by atoms with Crippen molar-refractivity contribution in [2.45, 2.75) is 19.1 Å². The van der Waals surface area contributed by atoms with Crippen molar-refractivity contribution in [2.75, 3.05) is 24.5 Å². The number of benzene rings is 4. The van der Waals surface area contributed by atoms with E-state index in [4.69, 9.17) is 18.9 Å². The molecule has 1 amide bonds. The topological polar surface area (TPSA) is 95.1 Å². The highest BCUT2D eigenvalue weighted by atomic mass is 16.7. The van der Waals surface area contributed by atoms with Crippen LogP contribution in [0.1, 0.15) is 39.3 Å². The molecule has 1 heterocycles. The Kier molecular flexibility index (Phi) is 7.63. The van der Waals surface area contributed by atoms with Crippen molar-refractivity contribution in [3.63, 3.8) is 0 Å². The number of anilines is 2. The Labute approximate surface area is 226 Å². The van der Waals surface area contributed by atoms with Gasteiger partial charge >= 0.3 is 5.97 Å². The number of fused-ring (bicyclic) bond motifs is 1. The van der Waals surface area contributed by atoms with Crippen LogP contribution in [0.15, 0.2) is 97.1 Å². The average molecular weight is 525 g/mol. The maximum Gasteiger partial charge on any atom is 0.338 e. The number of hydrogen-bond acceptors (Lipinski definition) is 7. The second-order valence-corrected chi connectivity index (χ2v) is 8.97. The summed E-state index contributed by atoms with van der Waals surface area (Å²) in [7, 11) is 1.55. The molecule has 0 fully saturated rings. The van der Waals surface area contributed by atoms with Gasteiger partial charge in [0.25, 0.3) is 5.91 Å². The van der Waals surface area contributed by atoms with E-state index in [1.807, 2.05) is 49.4 Å². The molecule has 39 heavy (non-hydrogen) atoms. The van der Waals surface area contributed by atoms with Crippen molar-refractivity contribution < 1.29 is 28.5 Å². The van der Waals surface area contributed by atoms with Gasteiger partial charge in [-0.15, -0.1) is 0 Å². The van der Waals surface area contributed by atoms with Crippen molar-refractivity contribution in [1.29, 1.82) is 0 Å². The van der Waals surface area contributed by atoms with E-state index >= 15 is 0 Å². The van der Waals surface area contributed by atoms with Gasteiger partial charge in [-0.05, 0) is 61.0 Å². The van der Waals surface area contributed by atoms with E-state index in [1.54, 1.807) is 61.7 Å². The van der Waals surface area contributed by atoms with E-state index in [0.717, 1.165) is 5.56 Å². The molecule has 1 aliphatic heterocycles. The van der Waals surface area contributed by atoms with Gasteiger partial charge in [-0.2, -0.15) is 0 Å². The minimum Gasteiger partial charge on any atom is -0.495 e. The second kappa shape index (κ2) is 11.6. The number of carbonyl (C=O) groups excluding carboxylic acids is 2. The van der Waals surface area contributed by atoms with Gasteiger partial charge in [-0.3, -0.25) is 4.79 Å². The molecule has 1 aliphatic rings. The molecule has 198 valence electrons. The van der Waals surface area contributed by atoms with Crippen molar-refractivity contribution >= 4 is 23.3 Å². The third-order valence-electron chi connectivity index (χ3n) is 6.30. The van der Waals surface area contributed by atoms with Crippen LogP contribution in [0.2, 0.25) is 0 Å². The fourth-order valence-electron chi connectivity index (χ4n) is 4.31. The summed E-state index contributed by atoms with van der Waals surface area (Å²) in [5.41, 5.74) is 3.01. The Hall–Kier alpha value is -4.98. The van der Waals surface area contributed by atoms with Crippen LogP contribution in [-0.2, 0) is 4.74 Å². The van der Waals surface area contributed by atoms with E-state index < -0.39 is 12.1 Å². The Bertz CT molecular complexity index is 1460. The monoisotopic (exact) mass is 524 g/mol. The third-order valence-corrected chi connectivity index (χ3v) is 6.30. The predicted octanol–water partition coefficient (Wildman–Crippen LogP) is 6.07. The third kappa shape index (κ3) is 5.96. The summed E-state index contributed by atoms with van der Waals surface area (Å²) >= 11 is 0. The van der Waals surface area contributed by atoms with Gasteiger partial charge in [0.15, 0.2) is 11.5 Å². The standard InChI is InChI=1S/C31H28N2O6/c1-20(32-25-15-14-24(18-27(25)36-2)33-30(34)21-9-5-3-6-10-21)29(39-31(35)22-11-7-4-8-12-22)23-13-16-26-28(17-23)38-19-37-26/h3-18,20,29,32H,19H2,1-2H3,(H,33,34). The number of esters is 1. The Balaban J connectivity index is 1.37. The highest BCUT2D eigenvalue weighted by Gasteiger charge is 2.27. The fourth-order valence-corrected chi connectivity index (χ4v) is 4.31. The summed E-state index contributed by atoms with van der Waals surface area (Å²) in [5, 5.41) is 6.30. The van der Waals surface area contributed by atoms with Gasteiger partial charge in [0.1, 0.15) is 11.9 Å². The molecule has 8 nitrogen and oxygen atoms in total. The Morgan fingerprint density at radius 1 is 0.821 bits per heavy atom. The molecule has 0 bridgehead atoms. The van der Waals surface area contributed by atoms with Crippen LogP contribution in [-0.4, -0.2) is 31.8 Å². The van der Waals surface area contributed by atoms with Crippen LogP contribution in [0.3, 0.4) is 0 Å². The van der Waals surface area contributed by atoms with Gasteiger partial charge in [0.2, 0.25) is 6.79 Å². The van der Waals surface area contributed by atoms with Crippen molar-refractivity contribution in [3.05, 3.63) is 114 Å². The van der Waals surface area contributed by atoms with E-state index in [9.17, 15) is 9.59 Å². The van der Waals surface area contributed by atoms with Gasteiger partial charge in [0, 0.05) is 17.3 Å². The maximum absolute atomic E-state index is 13.0. The molecule has 0 aliphatic carbocycles. The second-order valence-electron chi connectivity index (χ2n) is 8.97. The van der Waals surface area contributed by atoms with Gasteiger partial charge in [-0.25, -0.2) is 4.79 Å². The molecule has 4 aromatic carbocycles. The lowest BCUT2D eigenvalue weighted by atomic mass is 10.0. The molecular weight excluding hydrogens is 496 g/mol. The molecule has 4 aromatic rings. The summed E-state index contributed by atoms with van der Waals surface area (Å²) in [4.78, 5) is 25.6. The van der Waals surface area contributed by atoms with E-state index in [-0.39, 0.29) is 18.7 Å². The lowest BCUT2D eigenvalue weighted by Gasteiger charge is -2.27. The lowest BCUT2D eigenvalue weighted by Crippen LogP contribution is -2.28. The Morgan fingerprint density at radius 2 is 1.51 bits per heavy atom. The maximum atomic E-state index is 13.0. The van der Waals surface area contributed by atoms with Crippen LogP contribution in [0.5, 0.6) is 17.2 Å². The van der Waals surface area contributed by atoms with Crippen molar-refractivity contribution in [3.8, 4) is 17.2 Å². The average Bonchev–Trinajstić information content (AvgIpc) is 3.45. The van der Waals surface area contributed by atoms with Gasteiger partial charge in [-0.1, -0.05) is 42.5 Å². The highest BCUT2D eigenvalue weighted by Crippen LogP contribution is 2.37. The molecular formula is C31H28N2O6. The molecule has 0 radical (unpaired) electrons. The zero-order chi connectivity index (χ0) is 27.2. The van der Waals surface area contributed by atoms with E-state index in [2.05, 4.69) is 10.6 Å². The first-order chi connectivity index (χ1) is 19.0. The van der Waals surface area contributed by atoms with Crippen LogP contribution in [0.25, 0.3) is 0 Å². The quantitative estimate of drug-likeness (QED) is 0.257. The molecule has 2 atom stereocenters. The number of amides is 1. The molecule has 0 saturated carbocycles. The van der Waals surface area contributed by atoms with Gasteiger partial charge in [0.05, 0.1) is 24.4 Å². The first kappa shape index (κ1) is 25.7. The highest BCUT2D eigenvalue weighted by molar-refractivity contribution is 6.04. The van der Waals surface area contributed by atoms with E-state index in [0.29, 0.717) is 39.8 Å². The molecule has 2 unspecified atom stereocenters. The summed E-state index contributed by atoms with van der Waals surface area (Å²) in [6.45, 7) is 2.06. The van der Waals surface area contributed by atoms with Crippen LogP contribution in [0, 0.1) is 0 Å². The molecule has 8 heteroatoms. The number of rotatable bonds is 9. The summed E-state index contributed by atoms with van der Waals surface area (Å²) in [5.74, 6) is 1.09. The number of nitrogens with one attached hydrogen (secondary N) is 2. The minimum atomic E-state index is -0.672. The first-order valence-electron chi connectivity index (χ1n) is 12.5. The number of methoxy groups -OCH3 is 1. The fraction of sp³-hybridized carbons (Fsp3) is 0.161. The summed E-state index contributed by atoms with van der Waals surface area (Å²) < 4.78 is 22.6. The SMILES string of the molecule is COc1cc(NC(=O)c2ccccc2)ccc1NC(C)C(OC(=O)c1ccccc1)c1ccc2c(c1)OCO2. The number of carbonyl (C=O) groups is 2. The van der Waals surface area contributed by atoms with Gasteiger partial charge < -0.3 is 29.6 Å². The van der Waals surface area contributed by atoms with Crippen LogP contribution in [0.4, 0.5) is 11.4 Å². The van der Waals surface area contributed by atoms with E-state index in [1.165, 1.54) is 0 Å². The molecule has 5 rings (SSSR count). The lowest BCUT2D eigenvalue weighted by molar-refractivity contribution is 0.0261. The predicted molar refractivity (Wildman–Crippen MR) is 148 cm³/mol. The molecule has 0 aromatic heterocycles. The molecule has 0 saturated heterocycles. The molecule has 0 spiro atoms. The smallest absolute Gasteiger partial charge is 0.338 e. The largest absolute Gasteiger partial charge is 0.495 e. The first-order valence-corrected chi connectivity index (χ1v) is 12.5. The molecule has 2 N–H and O–H groups in total. The summed E-state index contributed by atoms with van der Waals surface area (Å²) in [6, 6.07) is 28.2. The summed E-state index contributed by atoms with van der Waals surface area (Å²) in [6.07, 6.45) is -0.672. The minimum absolute atomic E-state index is 0.144. The van der Waals surface area contributed by atoms with Crippen molar-refractivity contribution in [1.82, 2.24) is 0 Å². The zero-order valence-corrected chi connectivity index (χ0v) is 21.5. The number of hydrogen-bond donors (Lipinski definition) is 2. The zero-order valence-electron chi connectivity index (χ0n) is 21.5. The Morgan fingerprint density at radius 3 is 2.23 bits per heavy atom.